The highest BCUT2D eigenvalue weighted by molar-refractivity contribution is 5.83. The van der Waals surface area contributed by atoms with Crippen LogP contribution in [0.3, 0.4) is 0 Å². The van der Waals surface area contributed by atoms with Gasteiger partial charge < -0.3 is 14.7 Å². The number of para-hydroxylation sites is 1. The Morgan fingerprint density at radius 2 is 1.95 bits per heavy atom. The van der Waals surface area contributed by atoms with Crippen molar-refractivity contribution in [3.8, 4) is 5.75 Å². The van der Waals surface area contributed by atoms with Gasteiger partial charge in [0, 0.05) is 12.1 Å². The van der Waals surface area contributed by atoms with Gasteiger partial charge in [0.2, 0.25) is 5.91 Å². The van der Waals surface area contributed by atoms with Gasteiger partial charge in [0.25, 0.3) is 0 Å². The molecule has 0 unspecified atom stereocenters. The molecule has 0 spiro atoms. The largest absolute Gasteiger partial charge is 0.491 e. The van der Waals surface area contributed by atoms with Crippen molar-refractivity contribution in [1.29, 1.82) is 0 Å². The highest BCUT2D eigenvalue weighted by Gasteiger charge is 2.18. The first kappa shape index (κ1) is 17.0. The van der Waals surface area contributed by atoms with Gasteiger partial charge in [0.15, 0.2) is 0 Å². The van der Waals surface area contributed by atoms with E-state index in [1.54, 1.807) is 0 Å². The maximum absolute atomic E-state index is 12.3. The molecule has 1 aromatic carbocycles. The molecule has 0 bridgehead atoms. The molecule has 5 heteroatoms. The lowest BCUT2D eigenvalue weighted by atomic mass is 10.1. The molecule has 0 radical (unpaired) electrons. The number of amides is 1. The second-order valence-corrected chi connectivity index (χ2v) is 5.16. The SMILES string of the molecule is CCCN(CC(=O)O)C(=O)Cc1ccccc1OC(C)C. The predicted octanol–water partition coefficient (Wildman–Crippen LogP) is 2.34. The van der Waals surface area contributed by atoms with Crippen LogP contribution in [-0.2, 0) is 16.0 Å². The van der Waals surface area contributed by atoms with E-state index in [0.717, 1.165) is 12.0 Å². The Morgan fingerprint density at radius 1 is 1.29 bits per heavy atom. The maximum Gasteiger partial charge on any atom is 0.323 e. The lowest BCUT2D eigenvalue weighted by Crippen LogP contribution is -2.37. The third-order valence-corrected chi connectivity index (χ3v) is 2.85. The molecule has 1 N–H and O–H groups in total. The summed E-state index contributed by atoms with van der Waals surface area (Å²) in [6.07, 6.45) is 0.895. The van der Waals surface area contributed by atoms with Crippen LogP contribution in [0.5, 0.6) is 5.75 Å². The van der Waals surface area contributed by atoms with Crippen molar-refractivity contribution in [1.82, 2.24) is 4.90 Å². The third kappa shape index (κ3) is 5.85. The zero-order chi connectivity index (χ0) is 15.8. The van der Waals surface area contributed by atoms with Gasteiger partial charge in [-0.25, -0.2) is 0 Å². The number of carbonyl (C=O) groups is 2. The van der Waals surface area contributed by atoms with Crippen LogP contribution in [0.25, 0.3) is 0 Å². The predicted molar refractivity (Wildman–Crippen MR) is 80.4 cm³/mol. The third-order valence-electron chi connectivity index (χ3n) is 2.85. The summed E-state index contributed by atoms with van der Waals surface area (Å²) in [7, 11) is 0. The van der Waals surface area contributed by atoms with Crippen LogP contribution in [0.1, 0.15) is 32.8 Å². The van der Waals surface area contributed by atoms with Crippen molar-refractivity contribution in [2.75, 3.05) is 13.1 Å². The number of carboxylic acids is 1. The Balaban J connectivity index is 2.82. The summed E-state index contributed by atoms with van der Waals surface area (Å²) in [6, 6.07) is 7.36. The average molecular weight is 293 g/mol. The number of ether oxygens (including phenoxy) is 1. The van der Waals surface area contributed by atoms with Crippen LogP contribution < -0.4 is 4.74 Å². The fourth-order valence-corrected chi connectivity index (χ4v) is 2.02. The minimum absolute atomic E-state index is 0.0204. The lowest BCUT2D eigenvalue weighted by molar-refractivity contribution is -0.144. The average Bonchev–Trinajstić information content (AvgIpc) is 2.39. The Bertz CT molecular complexity index is 485. The van der Waals surface area contributed by atoms with Crippen molar-refractivity contribution in [3.05, 3.63) is 29.8 Å². The number of nitrogens with zero attached hydrogens (tertiary/aromatic N) is 1. The molecule has 0 aliphatic rings. The highest BCUT2D eigenvalue weighted by atomic mass is 16.5. The van der Waals surface area contributed by atoms with Gasteiger partial charge in [0.1, 0.15) is 12.3 Å². The maximum atomic E-state index is 12.3. The zero-order valence-corrected chi connectivity index (χ0v) is 12.8. The summed E-state index contributed by atoms with van der Waals surface area (Å²) in [5.41, 5.74) is 0.780. The molecule has 0 fully saturated rings. The molecule has 0 aromatic heterocycles. The number of hydrogen-bond donors (Lipinski definition) is 1. The number of carboxylic acid groups (broad SMARTS) is 1. The second kappa shape index (κ2) is 8.29. The molecule has 1 rings (SSSR count). The van der Waals surface area contributed by atoms with Crippen molar-refractivity contribution in [2.24, 2.45) is 0 Å². The number of carbonyl (C=O) groups excluding carboxylic acids is 1. The van der Waals surface area contributed by atoms with Gasteiger partial charge in [-0.15, -0.1) is 0 Å². The molecule has 0 saturated heterocycles. The summed E-state index contributed by atoms with van der Waals surface area (Å²) in [6.45, 7) is 5.94. The minimum atomic E-state index is -0.997. The van der Waals surface area contributed by atoms with E-state index >= 15 is 0 Å². The molecule has 116 valence electrons. The fourth-order valence-electron chi connectivity index (χ4n) is 2.02. The van der Waals surface area contributed by atoms with Crippen LogP contribution in [0.2, 0.25) is 0 Å². The smallest absolute Gasteiger partial charge is 0.323 e. The highest BCUT2D eigenvalue weighted by Crippen LogP contribution is 2.20. The summed E-state index contributed by atoms with van der Waals surface area (Å²) in [5, 5.41) is 8.88. The second-order valence-electron chi connectivity index (χ2n) is 5.16. The molecule has 0 atom stereocenters. The fraction of sp³-hybridized carbons (Fsp3) is 0.500. The van der Waals surface area contributed by atoms with E-state index < -0.39 is 5.97 Å². The van der Waals surface area contributed by atoms with Crippen molar-refractivity contribution < 1.29 is 19.4 Å². The van der Waals surface area contributed by atoms with Crippen molar-refractivity contribution in [2.45, 2.75) is 39.7 Å². The van der Waals surface area contributed by atoms with Crippen LogP contribution in [0.4, 0.5) is 0 Å². The first-order valence-corrected chi connectivity index (χ1v) is 7.18. The van der Waals surface area contributed by atoms with E-state index in [-0.39, 0.29) is 25.0 Å². The molecular weight excluding hydrogens is 270 g/mol. The van der Waals surface area contributed by atoms with Crippen LogP contribution in [-0.4, -0.2) is 41.1 Å². The van der Waals surface area contributed by atoms with Crippen molar-refractivity contribution in [3.63, 3.8) is 0 Å². The van der Waals surface area contributed by atoms with Gasteiger partial charge in [-0.3, -0.25) is 9.59 Å². The monoisotopic (exact) mass is 293 g/mol. The minimum Gasteiger partial charge on any atom is -0.491 e. The van der Waals surface area contributed by atoms with Crippen molar-refractivity contribution >= 4 is 11.9 Å². The standard InChI is InChI=1S/C16H23NO4/c1-4-9-17(11-16(19)20)15(18)10-13-7-5-6-8-14(13)21-12(2)3/h5-8,12H,4,9-11H2,1-3H3,(H,19,20). The first-order chi connectivity index (χ1) is 9.93. The quantitative estimate of drug-likeness (QED) is 0.799. The Morgan fingerprint density at radius 3 is 2.52 bits per heavy atom. The molecule has 0 aliphatic carbocycles. The normalized spacial score (nSPS) is 10.5. The van der Waals surface area contributed by atoms with E-state index in [2.05, 4.69) is 0 Å². The van der Waals surface area contributed by atoms with E-state index in [9.17, 15) is 9.59 Å². The van der Waals surface area contributed by atoms with Crippen LogP contribution >= 0.6 is 0 Å². The molecule has 1 amide bonds. The summed E-state index contributed by atoms with van der Waals surface area (Å²) < 4.78 is 5.68. The first-order valence-electron chi connectivity index (χ1n) is 7.18. The molecule has 0 saturated carbocycles. The van der Waals surface area contributed by atoms with Crippen LogP contribution in [0, 0.1) is 0 Å². The van der Waals surface area contributed by atoms with Gasteiger partial charge in [0.05, 0.1) is 12.5 Å². The summed E-state index contributed by atoms with van der Waals surface area (Å²) >= 11 is 0. The summed E-state index contributed by atoms with van der Waals surface area (Å²) in [4.78, 5) is 24.5. The number of benzene rings is 1. The van der Waals surface area contributed by atoms with Gasteiger partial charge >= 0.3 is 5.97 Å². The molecule has 5 nitrogen and oxygen atoms in total. The van der Waals surface area contributed by atoms with Gasteiger partial charge in [-0.05, 0) is 26.3 Å². The van der Waals surface area contributed by atoms with E-state index in [4.69, 9.17) is 9.84 Å². The van der Waals surface area contributed by atoms with Gasteiger partial charge in [-0.2, -0.15) is 0 Å². The Kier molecular flexibility index (Phi) is 6.72. The number of hydrogen-bond acceptors (Lipinski definition) is 3. The molecule has 0 aliphatic heterocycles. The lowest BCUT2D eigenvalue weighted by Gasteiger charge is -2.21. The van der Waals surface area contributed by atoms with E-state index in [1.807, 2.05) is 45.0 Å². The molecule has 1 aromatic rings. The molecule has 21 heavy (non-hydrogen) atoms. The van der Waals surface area contributed by atoms with E-state index in [0.29, 0.717) is 12.3 Å². The Labute approximate surface area is 125 Å². The zero-order valence-electron chi connectivity index (χ0n) is 12.8. The molecule has 0 heterocycles. The summed E-state index contributed by atoms with van der Waals surface area (Å²) in [5.74, 6) is -0.518. The molecular formula is C16H23NO4. The van der Waals surface area contributed by atoms with E-state index in [1.165, 1.54) is 4.90 Å². The topological polar surface area (TPSA) is 66.8 Å². The van der Waals surface area contributed by atoms with Crippen LogP contribution in [0.15, 0.2) is 24.3 Å². The van der Waals surface area contributed by atoms with Gasteiger partial charge in [-0.1, -0.05) is 25.1 Å². The number of rotatable bonds is 8. The Hall–Kier alpha value is -2.04. The number of aliphatic carboxylic acids is 1.